The molecule has 8 nitrogen and oxygen atoms in total. The zero-order chi connectivity index (χ0) is 38.3. The Morgan fingerprint density at radius 1 is 0.482 bits per heavy atom. The Morgan fingerprint density at radius 3 is 1.95 bits per heavy atom. The third kappa shape index (κ3) is 5.82. The average molecular weight is 735 g/mol. The molecule has 0 atom stereocenters. The van der Waals surface area contributed by atoms with E-state index in [1.807, 2.05) is 146 Å². The molecule has 2 heterocycles. The molecule has 9 rings (SSSR count). The predicted octanol–water partition coefficient (Wildman–Crippen LogP) is 12.1. The van der Waals surface area contributed by atoms with Crippen LogP contribution in [-0.2, 0) is 0 Å². The lowest BCUT2D eigenvalue weighted by molar-refractivity contribution is 0.329. The second kappa shape index (κ2) is 13.9. The van der Waals surface area contributed by atoms with Crippen molar-refractivity contribution in [2.24, 2.45) is 0 Å². The van der Waals surface area contributed by atoms with Gasteiger partial charge in [-0.05, 0) is 81.9 Å². The van der Waals surface area contributed by atoms with Crippen LogP contribution < -0.4 is 10.2 Å². The summed E-state index contributed by atoms with van der Waals surface area (Å²) < 4.78 is 6.54. The number of nitrogens with zero attached hydrogens (tertiary/aromatic N) is 1. The molecule has 0 aliphatic carbocycles. The van der Waals surface area contributed by atoms with Gasteiger partial charge in [0.1, 0.15) is 11.3 Å². The van der Waals surface area contributed by atoms with Crippen molar-refractivity contribution in [1.29, 1.82) is 0 Å². The number of anilines is 4. The summed E-state index contributed by atoms with van der Waals surface area (Å²) in [5, 5.41) is 60.0. The summed E-state index contributed by atoms with van der Waals surface area (Å²) in [6, 6.07) is 43.2. The van der Waals surface area contributed by atoms with E-state index in [1.54, 1.807) is 0 Å². The number of aromatic hydroxyl groups is 5. The fourth-order valence-corrected chi connectivity index (χ4v) is 7.30. The second-order valence-corrected chi connectivity index (χ2v) is 13.4. The Labute approximate surface area is 321 Å². The second-order valence-electron chi connectivity index (χ2n) is 13.4. The summed E-state index contributed by atoms with van der Waals surface area (Å²) in [5.74, 6) is -4.72. The molecular formula is C48H34N2O6. The van der Waals surface area contributed by atoms with Crippen LogP contribution in [0.15, 0.2) is 168 Å². The summed E-state index contributed by atoms with van der Waals surface area (Å²) in [5.41, 5.74) is 9.04. The lowest BCUT2D eigenvalue weighted by Gasteiger charge is -2.28. The molecule has 0 saturated heterocycles. The van der Waals surface area contributed by atoms with E-state index >= 15 is 0 Å². The molecule has 7 aromatic carbocycles. The first-order valence-electron chi connectivity index (χ1n) is 18.0. The van der Waals surface area contributed by atoms with E-state index in [0.717, 1.165) is 55.4 Å². The molecule has 0 spiro atoms. The lowest BCUT2D eigenvalue weighted by atomic mass is 9.92. The Kier molecular flexibility index (Phi) is 8.40. The number of phenolic OH excluding ortho intramolecular Hbond substituents is 5. The first kappa shape index (κ1) is 34.0. The molecule has 56 heavy (non-hydrogen) atoms. The van der Waals surface area contributed by atoms with Gasteiger partial charge in [0.2, 0.25) is 17.2 Å². The molecule has 1 aromatic heterocycles. The number of hydrogen-bond donors (Lipinski definition) is 6. The highest BCUT2D eigenvalue weighted by Crippen LogP contribution is 2.59. The van der Waals surface area contributed by atoms with Crippen LogP contribution in [0, 0.1) is 0 Å². The lowest BCUT2D eigenvalue weighted by Crippen LogP contribution is -2.11. The summed E-state index contributed by atoms with van der Waals surface area (Å²) in [6.07, 6.45) is 11.8. The van der Waals surface area contributed by atoms with Gasteiger partial charge in [-0.2, -0.15) is 0 Å². The molecule has 0 unspecified atom stereocenters. The van der Waals surface area contributed by atoms with Gasteiger partial charge in [0.25, 0.3) is 0 Å². The Bertz CT molecular complexity index is 2860. The van der Waals surface area contributed by atoms with Crippen molar-refractivity contribution in [2.45, 2.75) is 0 Å². The number of furan rings is 1. The van der Waals surface area contributed by atoms with E-state index in [1.165, 1.54) is 4.90 Å². The Hall–Kier alpha value is -7.84. The van der Waals surface area contributed by atoms with Crippen LogP contribution >= 0.6 is 0 Å². The quantitative estimate of drug-likeness (QED) is 0.0761. The van der Waals surface area contributed by atoms with Crippen molar-refractivity contribution in [3.8, 4) is 62.1 Å². The maximum absolute atomic E-state index is 11.5. The first-order valence-corrected chi connectivity index (χ1v) is 18.0. The molecule has 0 bridgehead atoms. The van der Waals surface area contributed by atoms with E-state index in [-0.39, 0.29) is 5.69 Å². The number of allylic oxidation sites excluding steroid dienone is 4. The fourth-order valence-electron chi connectivity index (χ4n) is 7.30. The standard InChI is InChI=1S/C48H34N2O6/c51-43-42(44(52)46(54)47(55)45(43)53)50(34-22-19-30(20-23-34)29-12-5-3-6-13-29)40-28-33(27-38-37-16-8-10-18-41(37)56-48(38)40)31-21-24-35-32(26-31)14-4-1-2-11-25-49-39-17-9-7-15-36(35)39/h1-28,49,51-55H/b2-1-,14-4-,25-11+. The zero-order valence-electron chi connectivity index (χ0n) is 29.8. The molecule has 272 valence electrons. The van der Waals surface area contributed by atoms with Gasteiger partial charge >= 0.3 is 0 Å². The smallest absolute Gasteiger partial charge is 0.208 e. The maximum atomic E-state index is 11.5. The highest BCUT2D eigenvalue weighted by atomic mass is 16.4. The molecule has 1 aliphatic heterocycles. The molecule has 0 amide bonds. The molecule has 8 aromatic rings. The van der Waals surface area contributed by atoms with Crippen LogP contribution in [0.5, 0.6) is 28.7 Å². The van der Waals surface area contributed by atoms with Gasteiger partial charge in [-0.1, -0.05) is 115 Å². The third-order valence-electron chi connectivity index (χ3n) is 10.0. The number of phenols is 5. The van der Waals surface area contributed by atoms with Crippen molar-refractivity contribution in [2.75, 3.05) is 10.2 Å². The Balaban J connectivity index is 1.31. The van der Waals surface area contributed by atoms with E-state index in [4.69, 9.17) is 4.42 Å². The van der Waals surface area contributed by atoms with Gasteiger partial charge in [0, 0.05) is 33.9 Å². The van der Waals surface area contributed by atoms with Gasteiger partial charge < -0.3 is 40.2 Å². The molecule has 1 aliphatic rings. The SMILES string of the molecule is Oc1c(O)c(O)c(N(c2ccc(-c3ccccc3)cc2)c2cc(-c3ccc4c(c3)\C=C/C=C\C=C\Nc3ccccc3-4)cc3c2oc2ccccc23)c(O)c1O. The fraction of sp³-hybridized carbons (Fsp3) is 0. The largest absolute Gasteiger partial charge is 0.503 e. The normalized spacial score (nSPS) is 13.9. The molecule has 8 heteroatoms. The van der Waals surface area contributed by atoms with Gasteiger partial charge in [0.05, 0.1) is 5.69 Å². The van der Waals surface area contributed by atoms with Gasteiger partial charge in [-0.25, -0.2) is 0 Å². The number of benzene rings is 7. The number of rotatable bonds is 5. The van der Waals surface area contributed by atoms with Crippen LogP contribution in [0.3, 0.4) is 0 Å². The molecule has 0 fully saturated rings. The minimum Gasteiger partial charge on any atom is -0.503 e. The molecule has 0 radical (unpaired) electrons. The first-order chi connectivity index (χ1) is 27.4. The highest BCUT2D eigenvalue weighted by molar-refractivity contribution is 6.13. The van der Waals surface area contributed by atoms with Crippen molar-refractivity contribution < 1.29 is 29.9 Å². The van der Waals surface area contributed by atoms with Crippen LogP contribution in [0.1, 0.15) is 5.56 Å². The minimum atomic E-state index is -1.05. The predicted molar refractivity (Wildman–Crippen MR) is 224 cm³/mol. The van der Waals surface area contributed by atoms with E-state index in [9.17, 15) is 25.5 Å². The van der Waals surface area contributed by atoms with Crippen LogP contribution in [-0.4, -0.2) is 25.5 Å². The zero-order valence-corrected chi connectivity index (χ0v) is 29.8. The number of para-hydroxylation sites is 2. The van der Waals surface area contributed by atoms with E-state index in [0.29, 0.717) is 22.5 Å². The monoisotopic (exact) mass is 734 g/mol. The topological polar surface area (TPSA) is 130 Å². The van der Waals surface area contributed by atoms with Crippen LogP contribution in [0.2, 0.25) is 0 Å². The van der Waals surface area contributed by atoms with E-state index in [2.05, 4.69) is 29.6 Å². The number of fused-ring (bicyclic) bond motifs is 6. The Morgan fingerprint density at radius 2 is 1.14 bits per heavy atom. The summed E-state index contributed by atoms with van der Waals surface area (Å²) in [4.78, 5) is 1.51. The van der Waals surface area contributed by atoms with E-state index < -0.39 is 28.7 Å². The number of hydrogen-bond acceptors (Lipinski definition) is 8. The van der Waals surface area contributed by atoms with Gasteiger partial charge in [-0.15, -0.1) is 0 Å². The van der Waals surface area contributed by atoms with Gasteiger partial charge in [0.15, 0.2) is 17.1 Å². The van der Waals surface area contributed by atoms with Crippen molar-refractivity contribution in [3.63, 3.8) is 0 Å². The van der Waals surface area contributed by atoms with Crippen molar-refractivity contribution >= 4 is 50.8 Å². The molecule has 0 saturated carbocycles. The summed E-state index contributed by atoms with van der Waals surface area (Å²) in [7, 11) is 0. The molecule has 6 N–H and O–H groups in total. The summed E-state index contributed by atoms with van der Waals surface area (Å²) >= 11 is 0. The highest BCUT2D eigenvalue weighted by Gasteiger charge is 2.31. The van der Waals surface area contributed by atoms with Crippen LogP contribution in [0.4, 0.5) is 22.7 Å². The third-order valence-corrected chi connectivity index (χ3v) is 10.0. The number of nitrogens with one attached hydrogen (secondary N) is 1. The minimum absolute atomic E-state index is 0.363. The average Bonchev–Trinajstić information content (AvgIpc) is 3.61. The van der Waals surface area contributed by atoms with Gasteiger partial charge in [-0.3, -0.25) is 0 Å². The van der Waals surface area contributed by atoms with Crippen molar-refractivity contribution in [3.05, 3.63) is 170 Å². The maximum Gasteiger partial charge on any atom is 0.208 e. The molecular weight excluding hydrogens is 701 g/mol. The van der Waals surface area contributed by atoms with Crippen molar-refractivity contribution in [1.82, 2.24) is 0 Å². The van der Waals surface area contributed by atoms with Crippen LogP contribution in [0.25, 0.3) is 61.4 Å². The summed E-state index contributed by atoms with van der Waals surface area (Å²) in [6.45, 7) is 0.